The van der Waals surface area contributed by atoms with E-state index in [-0.39, 0.29) is 11.5 Å². The van der Waals surface area contributed by atoms with Crippen molar-refractivity contribution in [1.29, 1.82) is 0 Å². The Kier molecular flexibility index (Phi) is 4.44. The zero-order valence-corrected chi connectivity index (χ0v) is 16.3. The summed E-state index contributed by atoms with van der Waals surface area (Å²) in [7, 11) is 0. The van der Waals surface area contributed by atoms with E-state index in [1.54, 1.807) is 36.4 Å². The molecule has 0 radical (unpaired) electrons. The van der Waals surface area contributed by atoms with E-state index >= 15 is 0 Å². The average Bonchev–Trinajstić information content (AvgIpc) is 2.70. The van der Waals surface area contributed by atoms with Gasteiger partial charge in [0.25, 0.3) is 11.5 Å². The maximum absolute atomic E-state index is 13.4. The first-order chi connectivity index (χ1) is 12.8. The lowest BCUT2D eigenvalue weighted by Gasteiger charge is -2.20. The number of carbonyl (C=O) groups is 1. The largest absolute Gasteiger partial charge is 0.342 e. The fourth-order valence-corrected chi connectivity index (χ4v) is 3.80. The summed E-state index contributed by atoms with van der Waals surface area (Å²) in [6, 6.07) is 9.51. The topological polar surface area (TPSA) is 64.0 Å². The normalized spacial score (nSPS) is 16.0. The number of halogens is 2. The van der Waals surface area contributed by atoms with Gasteiger partial charge < -0.3 is 5.32 Å². The molecule has 138 valence electrons. The first kappa shape index (κ1) is 18.0. The van der Waals surface area contributed by atoms with Crippen LogP contribution in [0.25, 0.3) is 16.6 Å². The van der Waals surface area contributed by atoms with E-state index in [0.29, 0.717) is 50.4 Å². The predicted molar refractivity (Wildman–Crippen MR) is 107 cm³/mol. The summed E-state index contributed by atoms with van der Waals surface area (Å²) in [6.45, 7) is 4.12. The van der Waals surface area contributed by atoms with E-state index in [1.807, 2.05) is 0 Å². The van der Waals surface area contributed by atoms with Crippen molar-refractivity contribution < 1.29 is 4.79 Å². The molecule has 1 N–H and O–H groups in total. The third-order valence-corrected chi connectivity index (χ3v) is 5.10. The van der Waals surface area contributed by atoms with Gasteiger partial charge in [-0.2, -0.15) is 0 Å². The third-order valence-electron chi connectivity index (χ3n) is 4.63. The summed E-state index contributed by atoms with van der Waals surface area (Å²) in [5.41, 5.74) is 1.09. The molecule has 0 saturated carbocycles. The SMILES string of the molecule is CC(C)CC1NC(=O)c2ccc(Cl)cc2-n2c1nc1ccc(Cl)cc1c2=O. The lowest BCUT2D eigenvalue weighted by molar-refractivity contribution is 0.0933. The monoisotopic (exact) mass is 401 g/mol. The van der Waals surface area contributed by atoms with Gasteiger partial charge in [-0.1, -0.05) is 37.0 Å². The van der Waals surface area contributed by atoms with E-state index in [0.717, 1.165) is 0 Å². The molecule has 2 heterocycles. The van der Waals surface area contributed by atoms with Crippen LogP contribution in [0.5, 0.6) is 0 Å². The average molecular weight is 402 g/mol. The van der Waals surface area contributed by atoms with Crippen LogP contribution in [0.15, 0.2) is 41.2 Å². The summed E-state index contributed by atoms with van der Waals surface area (Å²) < 4.78 is 1.49. The summed E-state index contributed by atoms with van der Waals surface area (Å²) in [6.07, 6.45) is 0.652. The number of fused-ring (bicyclic) bond motifs is 4. The van der Waals surface area contributed by atoms with Crippen molar-refractivity contribution in [2.24, 2.45) is 5.92 Å². The molecule has 2 aromatic carbocycles. The number of aromatic nitrogens is 2. The number of hydrogen-bond acceptors (Lipinski definition) is 3. The molecule has 5 nitrogen and oxygen atoms in total. The second-order valence-corrected chi connectivity index (χ2v) is 7.96. The Labute approximate surface area is 165 Å². The molecule has 0 saturated heterocycles. The number of nitrogens with one attached hydrogen (secondary N) is 1. The molecule has 3 aromatic rings. The van der Waals surface area contributed by atoms with Crippen molar-refractivity contribution in [3.63, 3.8) is 0 Å². The molecule has 0 fully saturated rings. The van der Waals surface area contributed by atoms with E-state index in [4.69, 9.17) is 28.2 Å². The van der Waals surface area contributed by atoms with Gasteiger partial charge in [-0.05, 0) is 48.7 Å². The molecule has 0 bridgehead atoms. The van der Waals surface area contributed by atoms with Gasteiger partial charge in [0.2, 0.25) is 0 Å². The molecule has 1 atom stereocenters. The number of nitrogens with zero attached hydrogens (tertiary/aromatic N) is 2. The van der Waals surface area contributed by atoms with Crippen molar-refractivity contribution in [3.05, 3.63) is 68.2 Å². The Morgan fingerprint density at radius 2 is 1.81 bits per heavy atom. The highest BCUT2D eigenvalue weighted by Gasteiger charge is 2.30. The van der Waals surface area contributed by atoms with Crippen LogP contribution < -0.4 is 10.9 Å². The van der Waals surface area contributed by atoms with Gasteiger partial charge in [-0.3, -0.25) is 14.2 Å². The first-order valence-corrected chi connectivity index (χ1v) is 9.43. The molecular weight excluding hydrogens is 385 g/mol. The second kappa shape index (κ2) is 6.66. The molecule has 0 spiro atoms. The van der Waals surface area contributed by atoms with E-state index in [1.165, 1.54) is 4.57 Å². The highest BCUT2D eigenvalue weighted by Crippen LogP contribution is 2.30. The minimum Gasteiger partial charge on any atom is -0.342 e. The van der Waals surface area contributed by atoms with E-state index < -0.39 is 6.04 Å². The Morgan fingerprint density at radius 3 is 2.56 bits per heavy atom. The summed E-state index contributed by atoms with van der Waals surface area (Å²) in [5.74, 6) is 0.545. The van der Waals surface area contributed by atoms with Crippen molar-refractivity contribution in [3.8, 4) is 5.69 Å². The summed E-state index contributed by atoms with van der Waals surface area (Å²) in [5, 5.41) is 4.30. The minimum absolute atomic E-state index is 0.251. The maximum Gasteiger partial charge on any atom is 0.266 e. The molecule has 1 aliphatic heterocycles. The summed E-state index contributed by atoms with van der Waals surface area (Å²) >= 11 is 12.3. The van der Waals surface area contributed by atoms with Crippen LogP contribution in [0.1, 0.15) is 42.5 Å². The Bertz CT molecular complexity index is 1140. The summed E-state index contributed by atoms with van der Waals surface area (Å²) in [4.78, 5) is 30.9. The van der Waals surface area contributed by atoms with Crippen LogP contribution in [0, 0.1) is 5.92 Å². The van der Waals surface area contributed by atoms with Gasteiger partial charge in [-0.15, -0.1) is 0 Å². The minimum atomic E-state index is -0.392. The number of amides is 1. The van der Waals surface area contributed by atoms with Gasteiger partial charge >= 0.3 is 0 Å². The third kappa shape index (κ3) is 3.11. The van der Waals surface area contributed by atoms with Crippen LogP contribution in [-0.2, 0) is 0 Å². The predicted octanol–water partition coefficient (Wildman–Crippen LogP) is 4.52. The number of rotatable bonds is 2. The zero-order chi connectivity index (χ0) is 19.3. The highest BCUT2D eigenvalue weighted by atomic mass is 35.5. The molecule has 1 aliphatic rings. The molecule has 27 heavy (non-hydrogen) atoms. The van der Waals surface area contributed by atoms with Crippen LogP contribution in [-0.4, -0.2) is 15.5 Å². The van der Waals surface area contributed by atoms with Crippen LogP contribution in [0.2, 0.25) is 10.0 Å². The van der Waals surface area contributed by atoms with Crippen molar-refractivity contribution >= 4 is 40.0 Å². The van der Waals surface area contributed by atoms with Crippen LogP contribution in [0.4, 0.5) is 0 Å². The maximum atomic E-state index is 13.4. The molecule has 4 rings (SSSR count). The number of carbonyl (C=O) groups excluding carboxylic acids is 1. The quantitative estimate of drug-likeness (QED) is 0.686. The molecular formula is C20H17Cl2N3O2. The number of benzene rings is 2. The molecule has 1 aromatic heterocycles. The fourth-order valence-electron chi connectivity index (χ4n) is 3.46. The van der Waals surface area contributed by atoms with Crippen molar-refractivity contribution in [1.82, 2.24) is 14.9 Å². The van der Waals surface area contributed by atoms with Gasteiger partial charge in [0.05, 0.1) is 28.2 Å². The molecule has 7 heteroatoms. The highest BCUT2D eigenvalue weighted by molar-refractivity contribution is 6.31. The number of hydrogen-bond donors (Lipinski definition) is 1. The smallest absolute Gasteiger partial charge is 0.266 e. The zero-order valence-electron chi connectivity index (χ0n) is 14.8. The van der Waals surface area contributed by atoms with E-state index in [2.05, 4.69) is 19.2 Å². The fraction of sp³-hybridized carbons (Fsp3) is 0.250. The van der Waals surface area contributed by atoms with Crippen molar-refractivity contribution in [2.45, 2.75) is 26.3 Å². The Balaban J connectivity index is 2.12. The molecule has 1 unspecified atom stereocenters. The van der Waals surface area contributed by atoms with Gasteiger partial charge in [0.1, 0.15) is 5.82 Å². The Morgan fingerprint density at radius 1 is 1.11 bits per heavy atom. The van der Waals surface area contributed by atoms with Crippen LogP contribution in [0.3, 0.4) is 0 Å². The lowest BCUT2D eigenvalue weighted by Crippen LogP contribution is -2.31. The lowest BCUT2D eigenvalue weighted by atomic mass is 10.0. The van der Waals surface area contributed by atoms with Gasteiger partial charge in [-0.25, -0.2) is 4.98 Å². The second-order valence-electron chi connectivity index (χ2n) is 7.09. The standard InChI is InChI=1S/C20H17Cl2N3O2/c1-10(2)7-16-18-23-15-6-4-11(21)8-14(15)20(27)25(18)17-9-12(22)3-5-13(17)19(26)24-16/h3-6,8-10,16H,7H2,1-2H3,(H,24,26). The van der Waals surface area contributed by atoms with Crippen molar-refractivity contribution in [2.75, 3.05) is 0 Å². The van der Waals surface area contributed by atoms with Crippen LogP contribution >= 0.6 is 23.2 Å². The Hall–Kier alpha value is -2.37. The molecule has 1 amide bonds. The van der Waals surface area contributed by atoms with E-state index in [9.17, 15) is 9.59 Å². The first-order valence-electron chi connectivity index (χ1n) is 8.68. The van der Waals surface area contributed by atoms with Gasteiger partial charge in [0, 0.05) is 10.0 Å². The molecule has 0 aliphatic carbocycles. The van der Waals surface area contributed by atoms with Gasteiger partial charge in [0.15, 0.2) is 0 Å².